The molecule has 5 rings (SSSR count). The van der Waals surface area contributed by atoms with Gasteiger partial charge in [0.1, 0.15) is 5.82 Å². The Kier molecular flexibility index (Phi) is 6.45. The van der Waals surface area contributed by atoms with Gasteiger partial charge in [0.05, 0.1) is 12.2 Å². The third kappa shape index (κ3) is 4.36. The van der Waals surface area contributed by atoms with E-state index in [0.29, 0.717) is 30.8 Å². The van der Waals surface area contributed by atoms with Gasteiger partial charge in [-0.25, -0.2) is 9.78 Å². The molecule has 0 atom stereocenters. The molecule has 0 unspecified atom stereocenters. The van der Waals surface area contributed by atoms with Gasteiger partial charge < -0.3 is 9.47 Å². The van der Waals surface area contributed by atoms with Crippen LogP contribution in [0.2, 0.25) is 0 Å². The van der Waals surface area contributed by atoms with Crippen LogP contribution in [0, 0.1) is 0 Å². The minimum atomic E-state index is -0.395. The van der Waals surface area contributed by atoms with Crippen molar-refractivity contribution >= 4 is 17.1 Å². The van der Waals surface area contributed by atoms with Gasteiger partial charge in [0.25, 0.3) is 5.56 Å². The zero-order valence-electron chi connectivity index (χ0n) is 20.1. The Hall–Kier alpha value is -3.80. The first-order valence-corrected chi connectivity index (χ1v) is 12.1. The van der Waals surface area contributed by atoms with E-state index in [1.165, 1.54) is 0 Å². The highest BCUT2D eigenvalue weighted by Gasteiger charge is 2.25. The number of fused-ring (bicyclic) bond motifs is 1. The summed E-state index contributed by atoms with van der Waals surface area (Å²) in [6.07, 6.45) is 1.80. The summed E-state index contributed by atoms with van der Waals surface area (Å²) in [4.78, 5) is 36.9. The summed E-state index contributed by atoms with van der Waals surface area (Å²) in [5.74, 6) is 1.52. The van der Waals surface area contributed by atoms with E-state index in [9.17, 15) is 9.59 Å². The number of piperazine rings is 1. The summed E-state index contributed by atoms with van der Waals surface area (Å²) in [6, 6.07) is 9.85. The van der Waals surface area contributed by atoms with Crippen molar-refractivity contribution in [2.75, 3.05) is 31.1 Å². The number of benzene rings is 1. The van der Waals surface area contributed by atoms with Gasteiger partial charge in [-0.1, -0.05) is 36.6 Å². The van der Waals surface area contributed by atoms with Gasteiger partial charge in [-0.2, -0.15) is 4.68 Å². The molecular weight excluding hydrogens is 448 g/mol. The number of H-pyrrole nitrogens is 1. The first-order chi connectivity index (χ1) is 17.1. The number of imidazole rings is 1. The van der Waals surface area contributed by atoms with E-state index in [4.69, 9.17) is 4.98 Å². The predicted octanol–water partition coefficient (Wildman–Crippen LogP) is 1.00. The number of anilines is 1. The van der Waals surface area contributed by atoms with Crippen molar-refractivity contribution in [2.45, 2.75) is 46.3 Å². The van der Waals surface area contributed by atoms with Crippen LogP contribution in [-0.2, 0) is 19.6 Å². The fourth-order valence-electron chi connectivity index (χ4n) is 4.62. The second kappa shape index (κ2) is 9.82. The topological polar surface area (TPSA) is 123 Å². The minimum Gasteiger partial charge on any atom is -0.337 e. The summed E-state index contributed by atoms with van der Waals surface area (Å²) in [5, 5.41) is 12.3. The largest absolute Gasteiger partial charge is 0.337 e. The highest BCUT2D eigenvalue weighted by atomic mass is 16.2. The van der Waals surface area contributed by atoms with Gasteiger partial charge in [-0.3, -0.25) is 19.2 Å². The molecular formula is C23H30N10O2. The first kappa shape index (κ1) is 23.0. The molecule has 1 aliphatic heterocycles. The molecule has 1 aliphatic rings. The maximum Gasteiger partial charge on any atom is 0.330 e. The van der Waals surface area contributed by atoms with Crippen molar-refractivity contribution in [1.82, 2.24) is 44.2 Å². The fraction of sp³-hybridized carbons (Fsp3) is 0.478. The number of aryl methyl sites for hydroxylation is 2. The molecule has 12 nitrogen and oxygen atoms in total. The molecule has 1 saturated heterocycles. The number of hydrogen-bond acceptors (Lipinski definition) is 8. The molecule has 35 heavy (non-hydrogen) atoms. The second-order valence-corrected chi connectivity index (χ2v) is 8.70. The number of nitrogens with zero attached hydrogens (tertiary/aromatic N) is 9. The van der Waals surface area contributed by atoms with E-state index < -0.39 is 5.69 Å². The lowest BCUT2D eigenvalue weighted by Gasteiger charge is -2.34. The highest BCUT2D eigenvalue weighted by molar-refractivity contribution is 5.71. The number of aromatic amines is 1. The van der Waals surface area contributed by atoms with Crippen LogP contribution in [0.25, 0.3) is 16.9 Å². The minimum absolute atomic E-state index is 0.379. The van der Waals surface area contributed by atoms with E-state index >= 15 is 0 Å². The van der Waals surface area contributed by atoms with Crippen LogP contribution in [0.3, 0.4) is 0 Å². The standard InChI is InChI=1S/C23H30N10O2/c1-3-5-11-32-20-19(21(34)25-23(32)35)31(4-2)18(24-20)16-29-12-14-30(15-13-29)22-26-27-28-33(22)17-9-7-6-8-10-17/h6-10H,3-5,11-16H2,1-2H3,(H,25,34,35). The Balaban J connectivity index is 1.35. The average Bonchev–Trinajstić information content (AvgIpc) is 3.50. The Morgan fingerprint density at radius 3 is 2.49 bits per heavy atom. The maximum atomic E-state index is 12.7. The smallest absolute Gasteiger partial charge is 0.330 e. The fourth-order valence-corrected chi connectivity index (χ4v) is 4.62. The lowest BCUT2D eigenvalue weighted by molar-refractivity contribution is 0.240. The third-order valence-electron chi connectivity index (χ3n) is 6.49. The molecule has 0 saturated carbocycles. The molecule has 0 spiro atoms. The van der Waals surface area contributed by atoms with Crippen molar-refractivity contribution in [3.63, 3.8) is 0 Å². The van der Waals surface area contributed by atoms with Crippen molar-refractivity contribution < 1.29 is 0 Å². The summed E-state index contributed by atoms with van der Waals surface area (Å²) in [7, 11) is 0. The van der Waals surface area contributed by atoms with Crippen LogP contribution < -0.4 is 16.1 Å². The SMILES string of the molecule is CCCCn1c(=O)[nH]c(=O)c2c1nc(CN1CCN(c3nnnn3-c3ccccc3)CC1)n2CC. The average molecular weight is 479 g/mol. The molecule has 1 aromatic carbocycles. The monoisotopic (exact) mass is 478 g/mol. The van der Waals surface area contributed by atoms with Gasteiger partial charge in [-0.15, -0.1) is 0 Å². The van der Waals surface area contributed by atoms with Crippen LogP contribution in [0.5, 0.6) is 0 Å². The number of nitrogens with one attached hydrogen (secondary N) is 1. The third-order valence-corrected chi connectivity index (χ3v) is 6.49. The molecule has 0 amide bonds. The number of unbranched alkanes of at least 4 members (excludes halogenated alkanes) is 1. The zero-order valence-corrected chi connectivity index (χ0v) is 20.1. The van der Waals surface area contributed by atoms with Crippen molar-refractivity contribution in [1.29, 1.82) is 0 Å². The predicted molar refractivity (Wildman–Crippen MR) is 132 cm³/mol. The maximum absolute atomic E-state index is 12.7. The van der Waals surface area contributed by atoms with Crippen LogP contribution in [0.1, 0.15) is 32.5 Å². The van der Waals surface area contributed by atoms with Gasteiger partial charge in [0.15, 0.2) is 11.2 Å². The summed E-state index contributed by atoms with van der Waals surface area (Å²) >= 11 is 0. The quantitative estimate of drug-likeness (QED) is 0.398. The van der Waals surface area contributed by atoms with Gasteiger partial charge in [-0.05, 0) is 35.9 Å². The lowest BCUT2D eigenvalue weighted by atomic mass is 10.3. The molecule has 0 aliphatic carbocycles. The van der Waals surface area contributed by atoms with E-state index in [1.807, 2.05) is 41.8 Å². The van der Waals surface area contributed by atoms with Crippen LogP contribution in [0.15, 0.2) is 39.9 Å². The number of hydrogen-bond donors (Lipinski definition) is 1. The van der Waals surface area contributed by atoms with E-state index in [2.05, 4.69) is 37.2 Å². The first-order valence-electron chi connectivity index (χ1n) is 12.1. The van der Waals surface area contributed by atoms with E-state index in [1.54, 1.807) is 9.25 Å². The molecule has 184 valence electrons. The van der Waals surface area contributed by atoms with Crippen molar-refractivity contribution in [3.05, 3.63) is 57.0 Å². The Morgan fingerprint density at radius 1 is 1.00 bits per heavy atom. The molecule has 3 aromatic heterocycles. The normalized spacial score (nSPS) is 14.7. The van der Waals surface area contributed by atoms with Crippen molar-refractivity contribution in [3.8, 4) is 5.69 Å². The highest BCUT2D eigenvalue weighted by Crippen LogP contribution is 2.19. The zero-order chi connectivity index (χ0) is 24.4. The Morgan fingerprint density at radius 2 is 1.77 bits per heavy atom. The lowest BCUT2D eigenvalue weighted by Crippen LogP contribution is -2.47. The summed E-state index contributed by atoms with van der Waals surface area (Å²) in [6.45, 7) is 8.93. The number of aromatic nitrogens is 8. The Bertz CT molecular complexity index is 1410. The molecule has 0 radical (unpaired) electrons. The summed E-state index contributed by atoms with van der Waals surface area (Å²) in [5.41, 5.74) is 1.10. The molecule has 1 fully saturated rings. The van der Waals surface area contributed by atoms with Gasteiger partial charge in [0.2, 0.25) is 5.95 Å². The van der Waals surface area contributed by atoms with Crippen LogP contribution in [0.4, 0.5) is 5.95 Å². The van der Waals surface area contributed by atoms with Crippen LogP contribution >= 0.6 is 0 Å². The number of tetrazole rings is 1. The molecule has 4 aromatic rings. The van der Waals surface area contributed by atoms with Gasteiger partial charge >= 0.3 is 5.69 Å². The van der Waals surface area contributed by atoms with E-state index in [0.717, 1.165) is 56.5 Å². The Labute approximate surface area is 201 Å². The molecule has 0 bridgehead atoms. The molecule has 4 heterocycles. The summed E-state index contributed by atoms with van der Waals surface area (Å²) < 4.78 is 5.28. The molecule has 12 heteroatoms. The second-order valence-electron chi connectivity index (χ2n) is 8.70. The van der Waals surface area contributed by atoms with Crippen LogP contribution in [-0.4, -0.2) is 70.4 Å². The van der Waals surface area contributed by atoms with Gasteiger partial charge in [0, 0.05) is 39.3 Å². The van der Waals surface area contributed by atoms with Crippen molar-refractivity contribution in [2.24, 2.45) is 0 Å². The number of rotatable bonds is 8. The van der Waals surface area contributed by atoms with E-state index in [-0.39, 0.29) is 5.56 Å². The molecule has 1 N–H and O–H groups in total. The number of para-hydroxylation sites is 1.